The first kappa shape index (κ1) is 17.7. The van der Waals surface area contributed by atoms with Crippen molar-refractivity contribution in [3.63, 3.8) is 0 Å². The van der Waals surface area contributed by atoms with Crippen LogP contribution in [0.3, 0.4) is 0 Å². The first-order chi connectivity index (χ1) is 14.1. The lowest BCUT2D eigenvalue weighted by Gasteiger charge is -2.29. The van der Waals surface area contributed by atoms with Crippen LogP contribution in [0, 0.1) is 5.82 Å². The second-order valence-electron chi connectivity index (χ2n) is 7.50. The topological polar surface area (TPSA) is 49.8 Å². The number of halogens is 1. The van der Waals surface area contributed by atoms with Gasteiger partial charge in [0.05, 0.1) is 6.54 Å². The van der Waals surface area contributed by atoms with Crippen LogP contribution in [-0.2, 0) is 17.7 Å². The minimum Gasteiger partial charge on any atom is -0.508 e. The van der Waals surface area contributed by atoms with Crippen molar-refractivity contribution in [2.75, 3.05) is 13.2 Å². The molecule has 0 fully saturated rings. The highest BCUT2D eigenvalue weighted by atomic mass is 19.1. The summed E-state index contributed by atoms with van der Waals surface area (Å²) < 4.78 is 19.6. The van der Waals surface area contributed by atoms with Crippen LogP contribution in [0.4, 0.5) is 9.18 Å². The van der Waals surface area contributed by atoms with Crippen molar-refractivity contribution in [1.82, 2.24) is 4.90 Å². The summed E-state index contributed by atoms with van der Waals surface area (Å²) in [6.07, 6.45) is -0.0825. The molecule has 5 heteroatoms. The van der Waals surface area contributed by atoms with E-state index < -0.39 is 6.09 Å². The summed E-state index contributed by atoms with van der Waals surface area (Å²) in [6, 6.07) is 19.0. The highest BCUT2D eigenvalue weighted by Gasteiger charge is 2.31. The molecule has 4 nitrogen and oxygen atoms in total. The summed E-state index contributed by atoms with van der Waals surface area (Å²) in [5.41, 5.74) is 5.61. The Bertz CT molecular complexity index is 1070. The van der Waals surface area contributed by atoms with Crippen molar-refractivity contribution in [3.05, 3.63) is 88.7 Å². The quantitative estimate of drug-likeness (QED) is 0.682. The molecular formula is C24H20FNO3. The Kier molecular flexibility index (Phi) is 4.23. The molecule has 0 unspecified atom stereocenters. The maximum absolute atomic E-state index is 14.0. The average molecular weight is 389 g/mol. The van der Waals surface area contributed by atoms with E-state index in [1.165, 1.54) is 28.2 Å². The maximum atomic E-state index is 14.0. The molecule has 0 bridgehead atoms. The number of ether oxygens (including phenoxy) is 1. The van der Waals surface area contributed by atoms with Crippen LogP contribution in [0.1, 0.15) is 28.2 Å². The Hall–Kier alpha value is -3.34. The third-order valence-corrected chi connectivity index (χ3v) is 5.92. The second kappa shape index (κ2) is 6.92. The Morgan fingerprint density at radius 3 is 2.34 bits per heavy atom. The zero-order valence-electron chi connectivity index (χ0n) is 15.8. The number of phenolic OH excluding ortho intramolecular Hbond substituents is 1. The minimum atomic E-state index is -0.443. The number of phenols is 1. The van der Waals surface area contributed by atoms with Crippen LogP contribution in [0.2, 0.25) is 0 Å². The molecule has 3 aromatic rings. The van der Waals surface area contributed by atoms with E-state index in [0.717, 1.165) is 11.1 Å². The molecule has 0 radical (unpaired) electrons. The van der Waals surface area contributed by atoms with Gasteiger partial charge in [0.2, 0.25) is 0 Å². The van der Waals surface area contributed by atoms with Gasteiger partial charge in [-0.05, 0) is 46.4 Å². The molecule has 2 aliphatic rings. The average Bonchev–Trinajstić information content (AvgIpc) is 3.08. The van der Waals surface area contributed by atoms with Crippen LogP contribution >= 0.6 is 0 Å². The molecule has 1 amide bonds. The number of carbonyl (C=O) groups excluding carboxylic acids is 1. The van der Waals surface area contributed by atoms with Gasteiger partial charge in [-0.2, -0.15) is 0 Å². The van der Waals surface area contributed by atoms with Crippen LogP contribution in [0.25, 0.3) is 11.1 Å². The molecule has 0 spiro atoms. The molecule has 1 aliphatic carbocycles. The van der Waals surface area contributed by atoms with Crippen molar-refractivity contribution < 1.29 is 19.0 Å². The number of rotatable bonds is 2. The molecular weight excluding hydrogens is 369 g/mol. The van der Waals surface area contributed by atoms with Gasteiger partial charge in [0.25, 0.3) is 0 Å². The molecule has 3 aromatic carbocycles. The summed E-state index contributed by atoms with van der Waals surface area (Å²) in [4.78, 5) is 14.2. The van der Waals surface area contributed by atoms with E-state index >= 15 is 0 Å². The summed E-state index contributed by atoms with van der Waals surface area (Å²) >= 11 is 0. The number of benzene rings is 3. The van der Waals surface area contributed by atoms with Crippen LogP contribution in [0.5, 0.6) is 5.75 Å². The van der Waals surface area contributed by atoms with Gasteiger partial charge in [0, 0.05) is 18.0 Å². The zero-order valence-corrected chi connectivity index (χ0v) is 15.8. The van der Waals surface area contributed by atoms with Gasteiger partial charge in [-0.1, -0.05) is 48.5 Å². The first-order valence-corrected chi connectivity index (χ1v) is 9.72. The number of carbonyl (C=O) groups is 1. The summed E-state index contributed by atoms with van der Waals surface area (Å²) in [5.74, 6) is -0.336. The fourth-order valence-electron chi connectivity index (χ4n) is 4.46. The number of aromatic hydroxyl groups is 1. The third-order valence-electron chi connectivity index (χ3n) is 5.92. The lowest BCUT2D eigenvalue weighted by Crippen LogP contribution is -2.37. The molecule has 0 aromatic heterocycles. The molecule has 1 aliphatic heterocycles. The van der Waals surface area contributed by atoms with Gasteiger partial charge < -0.3 is 14.7 Å². The Labute approximate surface area is 168 Å². The molecule has 0 saturated carbocycles. The lowest BCUT2D eigenvalue weighted by molar-refractivity contribution is 0.0947. The molecule has 0 atom stereocenters. The van der Waals surface area contributed by atoms with Crippen molar-refractivity contribution >= 4 is 6.09 Å². The predicted molar refractivity (Wildman–Crippen MR) is 107 cm³/mol. The molecule has 1 heterocycles. The van der Waals surface area contributed by atoms with E-state index in [-0.39, 0.29) is 30.6 Å². The van der Waals surface area contributed by atoms with E-state index in [2.05, 4.69) is 24.3 Å². The van der Waals surface area contributed by atoms with E-state index in [1.807, 2.05) is 24.3 Å². The van der Waals surface area contributed by atoms with Crippen LogP contribution in [0.15, 0.2) is 60.7 Å². The van der Waals surface area contributed by atoms with Gasteiger partial charge in [-0.25, -0.2) is 9.18 Å². The number of amides is 1. The SMILES string of the molecule is O=C(OCC1c2ccccc2-c2ccccc21)N1CCc2c(F)ccc(O)c2C1. The van der Waals surface area contributed by atoms with E-state index in [1.54, 1.807) is 0 Å². The van der Waals surface area contributed by atoms with Gasteiger partial charge in [0.15, 0.2) is 0 Å². The Morgan fingerprint density at radius 1 is 1.00 bits per heavy atom. The Balaban J connectivity index is 1.34. The zero-order chi connectivity index (χ0) is 20.0. The van der Waals surface area contributed by atoms with E-state index in [9.17, 15) is 14.3 Å². The molecule has 0 saturated heterocycles. The predicted octanol–water partition coefficient (Wildman–Crippen LogP) is 4.84. The number of nitrogens with zero attached hydrogens (tertiary/aromatic N) is 1. The summed E-state index contributed by atoms with van der Waals surface area (Å²) in [7, 11) is 0. The van der Waals surface area contributed by atoms with Gasteiger partial charge in [0.1, 0.15) is 18.2 Å². The fourth-order valence-corrected chi connectivity index (χ4v) is 4.46. The maximum Gasteiger partial charge on any atom is 0.410 e. The number of fused-ring (bicyclic) bond motifs is 4. The molecule has 5 rings (SSSR count). The summed E-state index contributed by atoms with van der Waals surface area (Å²) in [6.45, 7) is 0.755. The second-order valence-corrected chi connectivity index (χ2v) is 7.50. The van der Waals surface area contributed by atoms with Gasteiger partial charge in [-0.15, -0.1) is 0 Å². The van der Waals surface area contributed by atoms with E-state index in [0.29, 0.717) is 24.1 Å². The monoisotopic (exact) mass is 389 g/mol. The Morgan fingerprint density at radius 2 is 1.66 bits per heavy atom. The van der Waals surface area contributed by atoms with Crippen molar-refractivity contribution in [3.8, 4) is 16.9 Å². The van der Waals surface area contributed by atoms with Crippen molar-refractivity contribution in [2.45, 2.75) is 18.9 Å². The number of hydrogen-bond donors (Lipinski definition) is 1. The molecule has 146 valence electrons. The smallest absolute Gasteiger partial charge is 0.410 e. The highest BCUT2D eigenvalue weighted by molar-refractivity contribution is 5.79. The molecule has 29 heavy (non-hydrogen) atoms. The summed E-state index contributed by atoms with van der Waals surface area (Å²) in [5, 5.41) is 10.1. The standard InChI is InChI=1S/C24H20FNO3/c25-22-9-10-23(27)20-13-26(12-11-19(20)22)24(28)29-14-21-17-7-3-1-5-15(17)16-6-2-4-8-18(16)21/h1-10,21,27H,11-14H2. The van der Waals surface area contributed by atoms with Gasteiger partial charge >= 0.3 is 6.09 Å². The molecule has 1 N–H and O–H groups in total. The fraction of sp³-hybridized carbons (Fsp3) is 0.208. The third kappa shape index (κ3) is 2.94. The van der Waals surface area contributed by atoms with Crippen molar-refractivity contribution in [1.29, 1.82) is 0 Å². The van der Waals surface area contributed by atoms with E-state index in [4.69, 9.17) is 4.74 Å². The number of hydrogen-bond acceptors (Lipinski definition) is 3. The van der Waals surface area contributed by atoms with Crippen LogP contribution in [-0.4, -0.2) is 29.3 Å². The largest absolute Gasteiger partial charge is 0.508 e. The van der Waals surface area contributed by atoms with Crippen molar-refractivity contribution in [2.24, 2.45) is 0 Å². The minimum absolute atomic E-state index is 0.00530. The van der Waals surface area contributed by atoms with Gasteiger partial charge in [-0.3, -0.25) is 0 Å². The highest BCUT2D eigenvalue weighted by Crippen LogP contribution is 2.44. The normalized spacial score (nSPS) is 14.9. The van der Waals surface area contributed by atoms with Crippen LogP contribution < -0.4 is 0 Å². The first-order valence-electron chi connectivity index (χ1n) is 9.72. The lowest BCUT2D eigenvalue weighted by atomic mass is 9.98.